The van der Waals surface area contributed by atoms with Gasteiger partial charge in [-0.05, 0) is 46.7 Å². The van der Waals surface area contributed by atoms with Gasteiger partial charge in [0.1, 0.15) is 5.75 Å². The molecular weight excluding hydrogens is 314 g/mol. The van der Waals surface area contributed by atoms with Crippen LogP contribution in [-0.2, 0) is 9.59 Å². The Morgan fingerprint density at radius 3 is 2.36 bits per heavy atom. The summed E-state index contributed by atoms with van der Waals surface area (Å²) in [4.78, 5) is 26.3. The van der Waals surface area contributed by atoms with Crippen LogP contribution in [-0.4, -0.2) is 16.9 Å². The van der Waals surface area contributed by atoms with Crippen LogP contribution in [0.5, 0.6) is 5.75 Å². The highest BCUT2D eigenvalue weighted by molar-refractivity contribution is 6.29. The normalized spacial score (nSPS) is 16.2. The molecule has 0 saturated carbocycles. The summed E-state index contributed by atoms with van der Waals surface area (Å²) in [5.41, 5.74) is 1.81. The summed E-state index contributed by atoms with van der Waals surface area (Å²) >= 11 is 0. The van der Waals surface area contributed by atoms with Crippen molar-refractivity contribution in [1.82, 2.24) is 0 Å². The van der Waals surface area contributed by atoms with Gasteiger partial charge in [0.2, 0.25) is 5.91 Å². The summed E-state index contributed by atoms with van der Waals surface area (Å²) in [7, 11) is 0. The number of phenols is 1. The Labute approximate surface area is 144 Å². The third kappa shape index (κ3) is 2.78. The number of nitrogens with zero attached hydrogens (tertiary/aromatic N) is 1. The lowest BCUT2D eigenvalue weighted by Crippen LogP contribution is -2.28. The average Bonchev–Trinajstić information content (AvgIpc) is 2.90. The molecule has 2 amide bonds. The molecule has 0 aromatic heterocycles. The van der Waals surface area contributed by atoms with Crippen molar-refractivity contribution in [3.63, 3.8) is 0 Å². The minimum Gasteiger partial charge on any atom is -0.508 e. The number of hydrogen-bond acceptors (Lipinski definition) is 3. The van der Waals surface area contributed by atoms with Crippen molar-refractivity contribution >= 4 is 34.4 Å². The quantitative estimate of drug-likeness (QED) is 0.573. The fraction of sp³-hybridized carbons (Fsp3) is 0.0476. The van der Waals surface area contributed by atoms with E-state index in [9.17, 15) is 14.7 Å². The van der Waals surface area contributed by atoms with Gasteiger partial charge >= 0.3 is 0 Å². The topological polar surface area (TPSA) is 57.6 Å². The van der Waals surface area contributed by atoms with Gasteiger partial charge in [0.05, 0.1) is 12.1 Å². The summed E-state index contributed by atoms with van der Waals surface area (Å²) in [6, 6.07) is 19.9. The summed E-state index contributed by atoms with van der Waals surface area (Å²) in [5.74, 6) is -0.368. The Bertz CT molecular complexity index is 1020. The molecule has 1 aliphatic heterocycles. The van der Waals surface area contributed by atoms with E-state index in [0.717, 1.165) is 16.3 Å². The van der Waals surface area contributed by atoms with E-state index in [4.69, 9.17) is 0 Å². The molecule has 1 heterocycles. The third-order valence-corrected chi connectivity index (χ3v) is 4.29. The minimum atomic E-state index is -0.298. The SMILES string of the molecule is O=C1C/C(=C\c2ccc(O)cc2)C(=O)N1c1ccc2ccccc2c1. The number of aromatic hydroxyl groups is 1. The van der Waals surface area contributed by atoms with Crippen LogP contribution in [0.1, 0.15) is 12.0 Å². The molecule has 1 N–H and O–H groups in total. The summed E-state index contributed by atoms with van der Waals surface area (Å²) in [6.45, 7) is 0. The lowest BCUT2D eigenvalue weighted by atomic mass is 10.1. The second-order valence-corrected chi connectivity index (χ2v) is 6.00. The number of phenolic OH excluding ortho intramolecular Hbond substituents is 1. The number of carbonyl (C=O) groups is 2. The molecule has 3 aromatic rings. The van der Waals surface area contributed by atoms with E-state index >= 15 is 0 Å². The van der Waals surface area contributed by atoms with Crippen molar-refractivity contribution in [2.75, 3.05) is 4.90 Å². The molecule has 1 saturated heterocycles. The van der Waals surface area contributed by atoms with Gasteiger partial charge in [0.15, 0.2) is 0 Å². The van der Waals surface area contributed by atoms with E-state index in [2.05, 4.69) is 0 Å². The molecule has 0 atom stereocenters. The molecule has 3 aromatic carbocycles. The Hall–Kier alpha value is -3.40. The molecule has 1 fully saturated rings. The van der Waals surface area contributed by atoms with Crippen molar-refractivity contribution in [3.05, 3.63) is 77.9 Å². The number of hydrogen-bond donors (Lipinski definition) is 1. The van der Waals surface area contributed by atoms with Gasteiger partial charge in [0, 0.05) is 5.57 Å². The third-order valence-electron chi connectivity index (χ3n) is 4.29. The van der Waals surface area contributed by atoms with Gasteiger partial charge in [-0.1, -0.05) is 42.5 Å². The highest BCUT2D eigenvalue weighted by atomic mass is 16.3. The fourth-order valence-electron chi connectivity index (χ4n) is 3.04. The predicted octanol–water partition coefficient (Wildman–Crippen LogP) is 3.89. The summed E-state index contributed by atoms with van der Waals surface area (Å²) in [5, 5.41) is 11.4. The molecule has 4 rings (SSSR count). The highest BCUT2D eigenvalue weighted by Crippen LogP contribution is 2.30. The molecule has 0 spiro atoms. The van der Waals surface area contributed by atoms with Gasteiger partial charge in [0.25, 0.3) is 5.91 Å². The molecular formula is C21H15NO3. The van der Waals surface area contributed by atoms with Crippen LogP contribution < -0.4 is 4.90 Å². The van der Waals surface area contributed by atoms with Crippen LogP contribution in [0.4, 0.5) is 5.69 Å². The second-order valence-electron chi connectivity index (χ2n) is 6.00. The average molecular weight is 329 g/mol. The molecule has 122 valence electrons. The van der Waals surface area contributed by atoms with Crippen molar-refractivity contribution in [3.8, 4) is 5.75 Å². The number of anilines is 1. The highest BCUT2D eigenvalue weighted by Gasteiger charge is 2.34. The monoisotopic (exact) mass is 329 g/mol. The van der Waals surface area contributed by atoms with Gasteiger partial charge in [-0.25, -0.2) is 4.90 Å². The van der Waals surface area contributed by atoms with Crippen LogP contribution in [0.25, 0.3) is 16.8 Å². The zero-order valence-corrected chi connectivity index (χ0v) is 13.3. The van der Waals surface area contributed by atoms with Crippen molar-refractivity contribution < 1.29 is 14.7 Å². The summed E-state index contributed by atoms with van der Waals surface area (Å²) < 4.78 is 0. The standard InChI is InChI=1S/C21H15NO3/c23-19-9-5-14(6-10-19)11-17-13-20(24)22(21(17)25)18-8-7-15-3-1-2-4-16(15)12-18/h1-12,23H,13H2/b17-11+. The van der Waals surface area contributed by atoms with Crippen molar-refractivity contribution in [2.24, 2.45) is 0 Å². The van der Waals surface area contributed by atoms with E-state index in [1.165, 1.54) is 4.90 Å². The first-order valence-electron chi connectivity index (χ1n) is 7.97. The van der Waals surface area contributed by atoms with E-state index < -0.39 is 0 Å². The molecule has 25 heavy (non-hydrogen) atoms. The van der Waals surface area contributed by atoms with E-state index in [1.54, 1.807) is 36.4 Å². The number of rotatable bonds is 2. The maximum Gasteiger partial charge on any atom is 0.261 e. The Balaban J connectivity index is 1.69. The van der Waals surface area contributed by atoms with Crippen LogP contribution in [0.2, 0.25) is 0 Å². The predicted molar refractivity (Wildman–Crippen MR) is 97.1 cm³/mol. The second kappa shape index (κ2) is 5.91. The first-order valence-corrected chi connectivity index (χ1v) is 7.97. The lowest BCUT2D eigenvalue weighted by molar-refractivity contribution is -0.120. The van der Waals surface area contributed by atoms with Crippen molar-refractivity contribution in [1.29, 1.82) is 0 Å². The Kier molecular flexibility index (Phi) is 3.58. The largest absolute Gasteiger partial charge is 0.508 e. The van der Waals surface area contributed by atoms with Crippen LogP contribution in [0.3, 0.4) is 0 Å². The van der Waals surface area contributed by atoms with Crippen LogP contribution >= 0.6 is 0 Å². The molecule has 4 heteroatoms. The van der Waals surface area contributed by atoms with Gasteiger partial charge in [-0.2, -0.15) is 0 Å². The molecule has 0 bridgehead atoms. The van der Waals surface area contributed by atoms with Gasteiger partial charge in [-0.15, -0.1) is 0 Å². The van der Waals surface area contributed by atoms with E-state index in [-0.39, 0.29) is 24.0 Å². The maximum atomic E-state index is 12.7. The molecule has 1 aliphatic rings. The zero-order valence-electron chi connectivity index (χ0n) is 13.3. The molecule has 0 aliphatic carbocycles. The van der Waals surface area contributed by atoms with E-state index in [0.29, 0.717) is 11.3 Å². The van der Waals surface area contributed by atoms with Crippen LogP contribution in [0.15, 0.2) is 72.3 Å². The smallest absolute Gasteiger partial charge is 0.261 e. The Morgan fingerprint density at radius 1 is 0.880 bits per heavy atom. The first kappa shape index (κ1) is 15.1. The number of carbonyl (C=O) groups excluding carboxylic acids is 2. The minimum absolute atomic E-state index is 0.0759. The molecule has 0 unspecified atom stereocenters. The van der Waals surface area contributed by atoms with Crippen molar-refractivity contribution in [2.45, 2.75) is 6.42 Å². The van der Waals surface area contributed by atoms with Gasteiger partial charge in [-0.3, -0.25) is 9.59 Å². The maximum absolute atomic E-state index is 12.7. The lowest BCUT2D eigenvalue weighted by Gasteiger charge is -2.14. The number of benzene rings is 3. The van der Waals surface area contributed by atoms with Gasteiger partial charge < -0.3 is 5.11 Å². The first-order chi connectivity index (χ1) is 12.1. The van der Waals surface area contributed by atoms with Crippen LogP contribution in [0, 0.1) is 0 Å². The number of imide groups is 1. The Morgan fingerprint density at radius 2 is 1.60 bits per heavy atom. The van der Waals surface area contributed by atoms with E-state index in [1.807, 2.05) is 36.4 Å². The zero-order chi connectivity index (χ0) is 17.4. The fourth-order valence-corrected chi connectivity index (χ4v) is 3.04. The number of amides is 2. The molecule has 4 nitrogen and oxygen atoms in total. The summed E-state index contributed by atoms with van der Waals surface area (Å²) in [6.07, 6.45) is 1.77. The molecule has 0 radical (unpaired) electrons. The number of fused-ring (bicyclic) bond motifs is 1.